The lowest BCUT2D eigenvalue weighted by molar-refractivity contribution is -0.313. The third-order valence-electron chi connectivity index (χ3n) is 5.69. The number of hydrogen-bond donors (Lipinski definition) is 6. The Bertz CT molecular complexity index is 613. The molecule has 0 aromatic rings. The molecule has 0 saturated carbocycles. The number of methoxy groups -OCH3 is 1. The summed E-state index contributed by atoms with van der Waals surface area (Å²) in [6, 6.07) is -0.557. The highest BCUT2D eigenvalue weighted by molar-refractivity contribution is 5.74. The number of hydrogen-bond acceptors (Lipinski definition) is 10. The molecule has 174 valence electrons. The predicted octanol–water partition coefficient (Wildman–Crippen LogP) is -2.65. The third kappa shape index (κ3) is 5.08. The molecular weight excluding hydrogens is 406 g/mol. The van der Waals surface area contributed by atoms with Crippen LogP contribution in [-0.4, -0.2) is 112 Å². The van der Waals surface area contributed by atoms with Gasteiger partial charge in [-0.2, -0.15) is 0 Å². The Labute approximate surface area is 173 Å². The highest BCUT2D eigenvalue weighted by atomic mass is 16.7. The summed E-state index contributed by atoms with van der Waals surface area (Å²) in [5.41, 5.74) is -3.40. The van der Waals surface area contributed by atoms with Crippen LogP contribution in [0.1, 0.15) is 26.7 Å². The lowest BCUT2D eigenvalue weighted by Crippen LogP contribution is -2.64. The van der Waals surface area contributed by atoms with E-state index in [1.165, 1.54) is 14.0 Å². The molecule has 2 saturated heterocycles. The molecular formula is C18H31NO11. The minimum Gasteiger partial charge on any atom is -0.479 e. The smallest absolute Gasteiger partial charge is 0.336 e. The first-order valence-electron chi connectivity index (χ1n) is 9.61. The Hall–Kier alpha value is -1.38. The van der Waals surface area contributed by atoms with Crippen molar-refractivity contribution in [3.8, 4) is 0 Å². The molecule has 0 aromatic carbocycles. The zero-order chi connectivity index (χ0) is 22.7. The van der Waals surface area contributed by atoms with Gasteiger partial charge in [0, 0.05) is 26.9 Å². The molecule has 6 N–H and O–H groups in total. The highest BCUT2D eigenvalue weighted by Crippen LogP contribution is 2.35. The zero-order valence-electron chi connectivity index (χ0n) is 17.2. The number of carbonyl (C=O) groups excluding carboxylic acids is 1. The largest absolute Gasteiger partial charge is 0.479 e. The van der Waals surface area contributed by atoms with Gasteiger partial charge in [0.05, 0.1) is 32.0 Å². The predicted molar refractivity (Wildman–Crippen MR) is 98.3 cm³/mol. The van der Waals surface area contributed by atoms with Gasteiger partial charge in [-0.1, -0.05) is 0 Å². The van der Waals surface area contributed by atoms with Gasteiger partial charge in [-0.25, -0.2) is 4.79 Å². The molecule has 12 heteroatoms. The molecule has 0 aliphatic carbocycles. The second kappa shape index (κ2) is 9.83. The lowest BCUT2D eigenvalue weighted by Gasteiger charge is -2.47. The number of rotatable bonds is 8. The van der Waals surface area contributed by atoms with Crippen molar-refractivity contribution in [3.05, 3.63) is 0 Å². The van der Waals surface area contributed by atoms with E-state index in [1.54, 1.807) is 6.92 Å². The second-order valence-corrected chi connectivity index (χ2v) is 7.86. The second-order valence-electron chi connectivity index (χ2n) is 7.86. The Kier molecular flexibility index (Phi) is 8.15. The van der Waals surface area contributed by atoms with Crippen LogP contribution in [0.25, 0.3) is 0 Å². The summed E-state index contributed by atoms with van der Waals surface area (Å²) in [6.07, 6.45) is -6.25. The van der Waals surface area contributed by atoms with Gasteiger partial charge in [0.25, 0.3) is 0 Å². The van der Waals surface area contributed by atoms with E-state index < -0.39 is 73.7 Å². The van der Waals surface area contributed by atoms with Crippen LogP contribution in [0.2, 0.25) is 0 Å². The first kappa shape index (κ1) is 24.9. The molecule has 12 nitrogen and oxygen atoms in total. The standard InChI is InChI=1S/C18H31NO11/c1-9-11(19-10(2)22)4-17(26,13(6-20)29-9)8-28-16-12(23)5-18(7-21,27-3)14(30-16)15(24)25/h9,11-14,16,20-21,23,26H,4-8H2,1-3H3,(H,19,22)(H,24,25)/t9-,11-,12-,13?,14?,16+,17?,18?/m0/s1. The van der Waals surface area contributed by atoms with Crippen molar-refractivity contribution in [2.24, 2.45) is 0 Å². The summed E-state index contributed by atoms with van der Waals surface area (Å²) < 4.78 is 21.6. The number of nitrogens with one attached hydrogen (secondary N) is 1. The first-order valence-corrected chi connectivity index (χ1v) is 9.61. The Morgan fingerprint density at radius 3 is 2.40 bits per heavy atom. The van der Waals surface area contributed by atoms with Gasteiger partial charge >= 0.3 is 5.97 Å². The average Bonchev–Trinajstić information content (AvgIpc) is 2.68. The SMILES string of the molecule is COC1(CO)C[C@H](O)[C@H](OCC2(O)C[C@H](NC(C)=O)[C@H](C)OC2CO)OC1C(=O)O. The third-order valence-corrected chi connectivity index (χ3v) is 5.69. The number of aliphatic hydroxyl groups excluding tert-OH is 3. The maximum Gasteiger partial charge on any atom is 0.336 e. The van der Waals surface area contributed by atoms with E-state index in [9.17, 15) is 35.1 Å². The van der Waals surface area contributed by atoms with Gasteiger partial charge in [0.15, 0.2) is 12.4 Å². The zero-order valence-corrected chi connectivity index (χ0v) is 17.2. The first-order chi connectivity index (χ1) is 14.0. The number of carbonyl (C=O) groups is 2. The van der Waals surface area contributed by atoms with Crippen molar-refractivity contribution >= 4 is 11.9 Å². The highest BCUT2D eigenvalue weighted by Gasteiger charge is 2.54. The lowest BCUT2D eigenvalue weighted by atomic mass is 9.84. The summed E-state index contributed by atoms with van der Waals surface area (Å²) in [5, 5.41) is 52.7. The van der Waals surface area contributed by atoms with E-state index in [-0.39, 0.29) is 18.7 Å². The number of aliphatic carboxylic acids is 1. The molecule has 2 fully saturated rings. The molecule has 8 atom stereocenters. The molecule has 2 heterocycles. The molecule has 1 amide bonds. The fourth-order valence-electron chi connectivity index (χ4n) is 3.92. The van der Waals surface area contributed by atoms with Gasteiger partial charge in [-0.05, 0) is 6.92 Å². The quantitative estimate of drug-likeness (QED) is 0.233. The van der Waals surface area contributed by atoms with Crippen LogP contribution in [0.5, 0.6) is 0 Å². The Balaban J connectivity index is 2.13. The molecule has 4 unspecified atom stereocenters. The minimum atomic E-state index is -1.75. The van der Waals surface area contributed by atoms with Crippen LogP contribution in [0.4, 0.5) is 0 Å². The van der Waals surface area contributed by atoms with Gasteiger partial charge in [0.1, 0.15) is 23.4 Å². The normalized spacial score (nSPS) is 42.0. The van der Waals surface area contributed by atoms with Crippen molar-refractivity contribution < 1.29 is 54.1 Å². The maximum atomic E-state index is 11.6. The van der Waals surface area contributed by atoms with E-state index in [0.29, 0.717) is 0 Å². The van der Waals surface area contributed by atoms with Gasteiger partial charge in [-0.15, -0.1) is 0 Å². The average molecular weight is 437 g/mol. The number of aliphatic hydroxyl groups is 4. The Morgan fingerprint density at radius 1 is 1.23 bits per heavy atom. The van der Waals surface area contributed by atoms with Gasteiger partial charge < -0.3 is 49.8 Å². The van der Waals surface area contributed by atoms with Crippen LogP contribution in [0.15, 0.2) is 0 Å². The van der Waals surface area contributed by atoms with Crippen LogP contribution < -0.4 is 5.32 Å². The summed E-state index contributed by atoms with van der Waals surface area (Å²) >= 11 is 0. The fourth-order valence-corrected chi connectivity index (χ4v) is 3.92. The summed E-state index contributed by atoms with van der Waals surface area (Å²) in [4.78, 5) is 23.0. The van der Waals surface area contributed by atoms with Crippen LogP contribution >= 0.6 is 0 Å². The van der Waals surface area contributed by atoms with E-state index in [0.717, 1.165) is 0 Å². The number of carboxylic acid groups (broad SMARTS) is 1. The molecule has 0 spiro atoms. The topological polar surface area (TPSA) is 184 Å². The van der Waals surface area contributed by atoms with Crippen molar-refractivity contribution in [2.75, 3.05) is 26.9 Å². The van der Waals surface area contributed by atoms with Gasteiger partial charge in [-0.3, -0.25) is 4.79 Å². The molecule has 0 aromatic heterocycles. The molecule has 2 aliphatic heterocycles. The monoisotopic (exact) mass is 437 g/mol. The maximum absolute atomic E-state index is 11.6. The van der Waals surface area contributed by atoms with Gasteiger partial charge in [0.2, 0.25) is 5.91 Å². The minimum absolute atomic E-state index is 0.0111. The van der Waals surface area contributed by atoms with E-state index in [4.69, 9.17) is 18.9 Å². The summed E-state index contributed by atoms with van der Waals surface area (Å²) in [7, 11) is 1.20. The Morgan fingerprint density at radius 2 is 1.90 bits per heavy atom. The fraction of sp³-hybridized carbons (Fsp3) is 0.889. The summed E-state index contributed by atoms with van der Waals surface area (Å²) in [6.45, 7) is 1.30. The van der Waals surface area contributed by atoms with Crippen molar-refractivity contribution in [1.29, 1.82) is 0 Å². The number of amides is 1. The molecule has 2 aliphatic rings. The van der Waals surface area contributed by atoms with E-state index >= 15 is 0 Å². The van der Waals surface area contributed by atoms with Crippen molar-refractivity contribution in [2.45, 2.75) is 74.6 Å². The van der Waals surface area contributed by atoms with Crippen LogP contribution in [-0.2, 0) is 28.5 Å². The van der Waals surface area contributed by atoms with E-state index in [2.05, 4.69) is 5.32 Å². The van der Waals surface area contributed by atoms with Crippen LogP contribution in [0, 0.1) is 0 Å². The number of carboxylic acids is 1. The van der Waals surface area contributed by atoms with E-state index in [1.807, 2.05) is 0 Å². The van der Waals surface area contributed by atoms with Crippen molar-refractivity contribution in [1.82, 2.24) is 5.32 Å². The van der Waals surface area contributed by atoms with Crippen molar-refractivity contribution in [3.63, 3.8) is 0 Å². The van der Waals surface area contributed by atoms with Crippen LogP contribution in [0.3, 0.4) is 0 Å². The number of ether oxygens (including phenoxy) is 4. The molecule has 2 rings (SSSR count). The summed E-state index contributed by atoms with van der Waals surface area (Å²) in [5.74, 6) is -1.74. The molecule has 0 bridgehead atoms. The molecule has 30 heavy (non-hydrogen) atoms. The molecule has 0 radical (unpaired) electrons.